The molecule has 1 amide bonds. The first-order chi connectivity index (χ1) is 14.2. The molecule has 15 heteroatoms. The van der Waals surface area contributed by atoms with Gasteiger partial charge in [-0.1, -0.05) is 5.92 Å². The fourth-order valence-corrected chi connectivity index (χ4v) is 9.78. The summed E-state index contributed by atoms with van der Waals surface area (Å²) < 4.78 is 4.27. The van der Waals surface area contributed by atoms with Gasteiger partial charge in [0.15, 0.2) is 5.52 Å². The Balaban J connectivity index is 4.16. The van der Waals surface area contributed by atoms with E-state index >= 15 is 0 Å². The maximum absolute atomic E-state index is 12.0. The molecule has 0 rings (SSSR count). The second kappa shape index (κ2) is 18.2. The lowest BCUT2D eigenvalue weighted by atomic mass is 10.2. The second-order valence-corrected chi connectivity index (χ2v) is 19.0. The molecule has 9 nitrogen and oxygen atoms in total. The van der Waals surface area contributed by atoms with Gasteiger partial charge in [0.2, 0.25) is 5.91 Å². The van der Waals surface area contributed by atoms with Gasteiger partial charge in [0.05, 0.1) is 15.5 Å². The van der Waals surface area contributed by atoms with E-state index in [9.17, 15) is 24.3 Å². The highest BCUT2D eigenvalue weighted by molar-refractivity contribution is 8.73. The van der Waals surface area contributed by atoms with Gasteiger partial charge >= 0.3 is 11.9 Å². The Kier molecular flexibility index (Phi) is 18.0. The summed E-state index contributed by atoms with van der Waals surface area (Å²) in [6, 6.07) is -1.62. The fourth-order valence-electron chi connectivity index (χ4n) is 1.59. The minimum Gasteiger partial charge on any atom is -0.480 e. The second-order valence-electron chi connectivity index (χ2n) is 5.38. The van der Waals surface area contributed by atoms with Gasteiger partial charge in [0.1, 0.15) is 6.04 Å². The minimum atomic E-state index is -0.951. The van der Waals surface area contributed by atoms with Crippen molar-refractivity contribution in [2.24, 2.45) is 11.5 Å². The van der Waals surface area contributed by atoms with Gasteiger partial charge in [-0.05, 0) is 47.7 Å². The summed E-state index contributed by atoms with van der Waals surface area (Å²) in [5, 5.41) is 12.3. The molecule has 0 spiro atoms. The first kappa shape index (κ1) is 29.6. The van der Waals surface area contributed by atoms with Crippen LogP contribution in [-0.2, 0) is 23.7 Å². The lowest BCUT2D eigenvalue weighted by molar-refractivity contribution is -0.139. The summed E-state index contributed by atoms with van der Waals surface area (Å²) in [7, 11) is 4.37. The normalized spacial score (nSPS) is 13.7. The highest BCUT2D eigenvalue weighted by atomic mass is 32.7. The Bertz CT molecular complexity index is 736. The maximum atomic E-state index is 12.0. The molecule has 0 fully saturated rings. The quantitative estimate of drug-likeness (QED) is 0.146. The van der Waals surface area contributed by atoms with Gasteiger partial charge in [-0.3, -0.25) is 19.5 Å². The number of carbonyl (C=O) groups is 4. The average Bonchev–Trinajstić information content (AvgIpc) is 2.67. The van der Waals surface area contributed by atoms with E-state index < -0.39 is 36.9 Å². The van der Waals surface area contributed by atoms with Crippen LogP contribution in [0.1, 0.15) is 19.3 Å². The topological polar surface area (TPSA) is 162 Å². The van der Waals surface area contributed by atoms with Crippen molar-refractivity contribution in [3.63, 3.8) is 0 Å². The third kappa shape index (κ3) is 16.3. The van der Waals surface area contributed by atoms with Gasteiger partial charge in [-0.15, -0.1) is 8.93 Å². The molecule has 0 saturated heterocycles. The molecule has 0 heterocycles. The van der Waals surface area contributed by atoms with E-state index in [4.69, 9.17) is 11.5 Å². The summed E-state index contributed by atoms with van der Waals surface area (Å²) in [5.74, 6) is 8.95. The molecular weight excluding hydrogens is 505 g/mol. The van der Waals surface area contributed by atoms with Crippen molar-refractivity contribution in [3.8, 4) is 23.7 Å². The van der Waals surface area contributed by atoms with E-state index in [1.165, 1.54) is 0 Å². The first-order valence-electron chi connectivity index (χ1n) is 8.27. The molecule has 0 saturated carbocycles. The molecule has 6 N–H and O–H groups in total. The molecule has 6 unspecified atom stereocenters. The summed E-state index contributed by atoms with van der Waals surface area (Å²) in [6.45, 7) is -0.827. The van der Waals surface area contributed by atoms with Crippen LogP contribution in [0.25, 0.3) is 0 Å². The van der Waals surface area contributed by atoms with Crippen LogP contribution in [0.4, 0.5) is 0 Å². The zero-order chi connectivity index (χ0) is 22.9. The van der Waals surface area contributed by atoms with Gasteiger partial charge in [-0.2, -0.15) is 11.8 Å². The maximum Gasteiger partial charge on any atom is 0.387 e. The lowest BCUT2D eigenvalue weighted by Gasteiger charge is -2.18. The zero-order valence-corrected chi connectivity index (χ0v) is 21.9. The Labute approximate surface area is 189 Å². The van der Waals surface area contributed by atoms with Crippen LogP contribution in [0.3, 0.4) is 0 Å². The number of carboxylic acid groups (broad SMARTS) is 1. The molecule has 0 bridgehead atoms. The van der Waals surface area contributed by atoms with Crippen LogP contribution in [-0.4, -0.2) is 52.1 Å². The predicted octanol–water partition coefficient (Wildman–Crippen LogP) is 0.986. The van der Waals surface area contributed by atoms with Crippen molar-refractivity contribution in [1.29, 1.82) is 0 Å². The molecular formula is C15H24N3O6P5S. The lowest BCUT2D eigenvalue weighted by Crippen LogP contribution is -2.33. The van der Waals surface area contributed by atoms with E-state index in [1.54, 1.807) is 21.2 Å². The predicted molar refractivity (Wildman–Crippen MR) is 133 cm³/mol. The molecule has 166 valence electrons. The van der Waals surface area contributed by atoms with Gasteiger partial charge in [0.25, 0.3) is 0 Å². The van der Waals surface area contributed by atoms with Crippen molar-refractivity contribution in [2.45, 2.75) is 31.3 Å². The summed E-state index contributed by atoms with van der Waals surface area (Å²) in [6.07, 6.45) is 0.798. The first-order valence-corrected chi connectivity index (χ1v) is 16.5. The molecule has 0 aliphatic rings. The van der Waals surface area contributed by atoms with Crippen molar-refractivity contribution < 1.29 is 28.8 Å². The van der Waals surface area contributed by atoms with Crippen LogP contribution in [0.2, 0.25) is 0 Å². The van der Waals surface area contributed by atoms with Crippen LogP contribution in [0.5, 0.6) is 0 Å². The smallest absolute Gasteiger partial charge is 0.387 e. The monoisotopic (exact) mass is 529 g/mol. The van der Waals surface area contributed by atoms with Gasteiger partial charge in [-0.25, -0.2) is 4.79 Å². The number of nitrogens with two attached hydrogens (primary N) is 2. The zero-order valence-electron chi connectivity index (χ0n) is 15.8. The Morgan fingerprint density at radius 2 is 1.97 bits per heavy atom. The average molecular weight is 529 g/mol. The van der Waals surface area contributed by atoms with Gasteiger partial charge in [0, 0.05) is 24.5 Å². The van der Waals surface area contributed by atoms with Crippen LogP contribution >= 0.6 is 53.8 Å². The number of aliphatic carboxylic acids is 1. The number of thioether (sulfide) groups is 1. The SMILES string of the molecule is NC(=O)C[C@H](N)C(=O)PP(P)PNC(CCSCCC#CC#CC(=O)OP)C(=O)O. The van der Waals surface area contributed by atoms with E-state index in [2.05, 4.69) is 42.2 Å². The third-order valence-electron chi connectivity index (χ3n) is 2.99. The van der Waals surface area contributed by atoms with E-state index in [0.717, 1.165) is 0 Å². The molecule has 0 aromatic rings. The molecule has 0 aliphatic carbocycles. The van der Waals surface area contributed by atoms with Gasteiger partial charge < -0.3 is 21.1 Å². The largest absolute Gasteiger partial charge is 0.480 e. The summed E-state index contributed by atoms with van der Waals surface area (Å²) >= 11 is 1.56. The Morgan fingerprint density at radius 3 is 2.57 bits per heavy atom. The number of carbonyl (C=O) groups excluding carboxylic acids is 3. The van der Waals surface area contributed by atoms with Crippen LogP contribution in [0, 0.1) is 23.7 Å². The van der Waals surface area contributed by atoms with Crippen molar-refractivity contribution >= 4 is 77.2 Å². The van der Waals surface area contributed by atoms with Crippen molar-refractivity contribution in [1.82, 2.24) is 5.09 Å². The number of primary amides is 1. The standard InChI is InChI=1S/C15H24N3O6P5S/c16-10(9-12(17)19)15(23)27-29(26)28-18-11(14(21)22)6-8-30-7-4-2-1-3-5-13(20)24-25/h10-11,18,27-28H,4,6-9,16,25-26H2,(H2,17,19)(H,21,22)/t10-,11?,29?/m0/s1. The van der Waals surface area contributed by atoms with E-state index in [-0.39, 0.29) is 28.6 Å². The minimum absolute atomic E-state index is 0.0959. The molecule has 0 aromatic heterocycles. The fraction of sp³-hybridized carbons (Fsp3) is 0.467. The number of hydrogen-bond donors (Lipinski definition) is 4. The number of amides is 1. The highest BCUT2D eigenvalue weighted by Crippen LogP contribution is 2.74. The van der Waals surface area contributed by atoms with E-state index in [0.29, 0.717) is 24.3 Å². The molecule has 0 radical (unpaired) electrons. The number of carboxylic acids is 1. The molecule has 0 aliphatic heterocycles. The summed E-state index contributed by atoms with van der Waals surface area (Å²) in [5.41, 5.74) is 10.4. The number of hydrogen-bond acceptors (Lipinski definition) is 8. The molecule has 0 aromatic carbocycles. The molecule has 7 atom stereocenters. The van der Waals surface area contributed by atoms with E-state index in [1.807, 2.05) is 0 Å². The summed E-state index contributed by atoms with van der Waals surface area (Å²) in [4.78, 5) is 44.9. The van der Waals surface area contributed by atoms with Crippen LogP contribution in [0.15, 0.2) is 0 Å². The van der Waals surface area contributed by atoms with Crippen molar-refractivity contribution in [2.75, 3.05) is 11.5 Å². The Morgan fingerprint density at radius 1 is 1.27 bits per heavy atom. The molecule has 30 heavy (non-hydrogen) atoms. The highest BCUT2D eigenvalue weighted by Gasteiger charge is 2.21. The number of rotatable bonds is 14. The third-order valence-corrected chi connectivity index (χ3v) is 12.6. The van der Waals surface area contributed by atoms with Crippen LogP contribution < -0.4 is 16.6 Å². The number of nitrogens with one attached hydrogen (secondary N) is 1. The van der Waals surface area contributed by atoms with Crippen molar-refractivity contribution in [3.05, 3.63) is 0 Å². The Hall–Kier alpha value is -0.380.